The minimum Gasteiger partial charge on any atom is -0.368 e. The van der Waals surface area contributed by atoms with Gasteiger partial charge in [0.05, 0.1) is 0 Å². The van der Waals surface area contributed by atoms with E-state index in [4.69, 9.17) is 0 Å². The second kappa shape index (κ2) is 5.97. The van der Waals surface area contributed by atoms with Gasteiger partial charge in [0, 0.05) is 50.2 Å². The first-order valence-electron chi connectivity index (χ1n) is 9.48. The molecule has 6 heteroatoms. The van der Waals surface area contributed by atoms with Crippen molar-refractivity contribution in [2.75, 3.05) is 36.0 Å². The molecule has 0 N–H and O–H groups in total. The van der Waals surface area contributed by atoms with E-state index in [1.807, 2.05) is 12.4 Å². The number of aromatic nitrogens is 4. The minimum atomic E-state index is 0.585. The van der Waals surface area contributed by atoms with Gasteiger partial charge in [-0.3, -0.25) is 4.40 Å². The Labute approximate surface area is 153 Å². The van der Waals surface area contributed by atoms with E-state index in [2.05, 4.69) is 61.4 Å². The summed E-state index contributed by atoms with van der Waals surface area (Å²) in [6, 6.07) is 6.57. The summed E-state index contributed by atoms with van der Waals surface area (Å²) in [5.41, 5.74) is 4.99. The number of aryl methyl sites for hydroxylation is 1. The highest BCUT2D eigenvalue weighted by Gasteiger charge is 2.30. The lowest BCUT2D eigenvalue weighted by Gasteiger charge is -2.37. The van der Waals surface area contributed by atoms with E-state index in [1.54, 1.807) is 0 Å². The van der Waals surface area contributed by atoms with Gasteiger partial charge in [-0.05, 0) is 43.9 Å². The number of piperazine rings is 1. The molecule has 0 unspecified atom stereocenters. The summed E-state index contributed by atoms with van der Waals surface area (Å²) in [6.07, 6.45) is 6.34. The molecular weight excluding hydrogens is 324 g/mol. The van der Waals surface area contributed by atoms with Crippen molar-refractivity contribution in [3.8, 4) is 0 Å². The van der Waals surface area contributed by atoms with Crippen molar-refractivity contribution in [1.29, 1.82) is 0 Å². The van der Waals surface area contributed by atoms with Crippen molar-refractivity contribution in [3.05, 3.63) is 47.5 Å². The molecule has 2 aliphatic rings. The smallest absolute Gasteiger partial charge is 0.203 e. The molecule has 0 amide bonds. The lowest BCUT2D eigenvalue weighted by Crippen LogP contribution is -2.47. The summed E-state index contributed by atoms with van der Waals surface area (Å²) in [5, 5.41) is 8.89. The zero-order chi connectivity index (χ0) is 17.7. The van der Waals surface area contributed by atoms with Crippen molar-refractivity contribution < 1.29 is 0 Å². The summed E-state index contributed by atoms with van der Waals surface area (Å²) >= 11 is 0. The number of anilines is 2. The van der Waals surface area contributed by atoms with Crippen molar-refractivity contribution >= 4 is 17.2 Å². The molecule has 1 aromatic carbocycles. The van der Waals surface area contributed by atoms with E-state index in [0.717, 1.165) is 43.5 Å². The number of benzene rings is 1. The fourth-order valence-electron chi connectivity index (χ4n) is 3.91. The molecule has 1 saturated carbocycles. The van der Waals surface area contributed by atoms with Crippen LogP contribution in [0.4, 0.5) is 11.5 Å². The van der Waals surface area contributed by atoms with Crippen LogP contribution < -0.4 is 9.80 Å². The van der Waals surface area contributed by atoms with E-state index >= 15 is 0 Å². The Morgan fingerprint density at radius 2 is 1.73 bits per heavy atom. The van der Waals surface area contributed by atoms with E-state index in [0.29, 0.717) is 5.92 Å². The third-order valence-electron chi connectivity index (χ3n) is 5.77. The van der Waals surface area contributed by atoms with E-state index < -0.39 is 0 Å². The van der Waals surface area contributed by atoms with Gasteiger partial charge in [-0.25, -0.2) is 4.98 Å². The first-order chi connectivity index (χ1) is 12.7. The molecule has 1 aliphatic carbocycles. The zero-order valence-electron chi connectivity index (χ0n) is 15.4. The van der Waals surface area contributed by atoms with Crippen LogP contribution >= 0.6 is 0 Å². The van der Waals surface area contributed by atoms with Crippen molar-refractivity contribution in [3.63, 3.8) is 0 Å². The predicted octanol–water partition coefficient (Wildman–Crippen LogP) is 2.95. The van der Waals surface area contributed by atoms with Crippen LogP contribution in [0.3, 0.4) is 0 Å². The Morgan fingerprint density at radius 3 is 2.50 bits per heavy atom. The van der Waals surface area contributed by atoms with Gasteiger partial charge in [-0.1, -0.05) is 12.1 Å². The Hall–Kier alpha value is -2.63. The second-order valence-electron chi connectivity index (χ2n) is 7.47. The Kier molecular flexibility index (Phi) is 3.58. The van der Waals surface area contributed by atoms with Gasteiger partial charge in [-0.15, -0.1) is 10.2 Å². The Morgan fingerprint density at radius 1 is 0.962 bits per heavy atom. The molecule has 3 aromatic rings. The third kappa shape index (κ3) is 2.52. The molecule has 1 aliphatic heterocycles. The molecule has 1 saturated heterocycles. The average molecular weight is 348 g/mol. The average Bonchev–Trinajstić information content (AvgIpc) is 3.42. The molecule has 26 heavy (non-hydrogen) atoms. The molecule has 0 spiro atoms. The van der Waals surface area contributed by atoms with Crippen LogP contribution in [0.15, 0.2) is 30.6 Å². The highest BCUT2D eigenvalue weighted by atomic mass is 15.3. The Balaban J connectivity index is 1.39. The van der Waals surface area contributed by atoms with Crippen LogP contribution in [0.1, 0.15) is 35.7 Å². The topological polar surface area (TPSA) is 49.6 Å². The summed E-state index contributed by atoms with van der Waals surface area (Å²) in [5.74, 6) is 2.64. The molecular formula is C20H24N6. The normalized spacial score (nSPS) is 17.9. The quantitative estimate of drug-likeness (QED) is 0.728. The Bertz CT molecular complexity index is 950. The maximum absolute atomic E-state index is 4.64. The molecule has 2 aromatic heterocycles. The molecule has 6 nitrogen and oxygen atoms in total. The standard InChI is InChI=1S/C20H24N6/c1-14-4-3-5-17(15(14)2)24-10-12-25(13-11-24)19-20-23-22-18(16-6-7-16)26(20)9-8-21-19/h3-5,8-9,16H,6-7,10-13H2,1-2H3. The molecule has 2 fully saturated rings. The summed E-state index contributed by atoms with van der Waals surface area (Å²) < 4.78 is 2.14. The SMILES string of the molecule is Cc1cccc(N2CCN(c3nccn4c(C5CC5)nnc34)CC2)c1C. The van der Waals surface area contributed by atoms with Crippen LogP contribution in [0.5, 0.6) is 0 Å². The zero-order valence-corrected chi connectivity index (χ0v) is 15.4. The molecule has 5 rings (SSSR count). The van der Waals surface area contributed by atoms with Crippen LogP contribution in [-0.4, -0.2) is 45.8 Å². The van der Waals surface area contributed by atoms with E-state index in [-0.39, 0.29) is 0 Å². The van der Waals surface area contributed by atoms with Gasteiger partial charge in [0.25, 0.3) is 0 Å². The molecule has 0 bridgehead atoms. The van der Waals surface area contributed by atoms with Crippen LogP contribution in [0.25, 0.3) is 5.65 Å². The maximum atomic E-state index is 4.64. The first-order valence-corrected chi connectivity index (χ1v) is 9.48. The van der Waals surface area contributed by atoms with Gasteiger partial charge in [0.1, 0.15) is 5.82 Å². The van der Waals surface area contributed by atoms with Gasteiger partial charge in [0.2, 0.25) is 5.65 Å². The number of rotatable bonds is 3. The van der Waals surface area contributed by atoms with E-state index in [1.165, 1.54) is 29.7 Å². The van der Waals surface area contributed by atoms with E-state index in [9.17, 15) is 0 Å². The summed E-state index contributed by atoms with van der Waals surface area (Å²) in [6.45, 7) is 8.29. The van der Waals surface area contributed by atoms with Crippen LogP contribution in [0.2, 0.25) is 0 Å². The predicted molar refractivity (Wildman–Crippen MR) is 103 cm³/mol. The number of nitrogens with zero attached hydrogens (tertiary/aromatic N) is 6. The molecule has 3 heterocycles. The minimum absolute atomic E-state index is 0.585. The fraction of sp³-hybridized carbons (Fsp3) is 0.450. The lowest BCUT2D eigenvalue weighted by atomic mass is 10.1. The third-order valence-corrected chi connectivity index (χ3v) is 5.77. The lowest BCUT2D eigenvalue weighted by molar-refractivity contribution is 0.646. The summed E-state index contributed by atoms with van der Waals surface area (Å²) in [7, 11) is 0. The van der Waals surface area contributed by atoms with Crippen molar-refractivity contribution in [2.24, 2.45) is 0 Å². The molecule has 0 radical (unpaired) electrons. The molecule has 0 atom stereocenters. The maximum Gasteiger partial charge on any atom is 0.203 e. The highest BCUT2D eigenvalue weighted by molar-refractivity contribution is 5.65. The largest absolute Gasteiger partial charge is 0.368 e. The second-order valence-corrected chi connectivity index (χ2v) is 7.47. The fourth-order valence-corrected chi connectivity index (χ4v) is 3.91. The van der Waals surface area contributed by atoms with Crippen LogP contribution in [-0.2, 0) is 0 Å². The first kappa shape index (κ1) is 15.6. The number of hydrogen-bond acceptors (Lipinski definition) is 5. The van der Waals surface area contributed by atoms with Gasteiger partial charge in [0.15, 0.2) is 5.82 Å². The summed E-state index contributed by atoms with van der Waals surface area (Å²) in [4.78, 5) is 9.47. The van der Waals surface area contributed by atoms with Crippen LogP contribution in [0, 0.1) is 13.8 Å². The van der Waals surface area contributed by atoms with Crippen molar-refractivity contribution in [2.45, 2.75) is 32.6 Å². The molecule has 134 valence electrons. The number of fused-ring (bicyclic) bond motifs is 1. The van der Waals surface area contributed by atoms with Gasteiger partial charge >= 0.3 is 0 Å². The van der Waals surface area contributed by atoms with Gasteiger partial charge < -0.3 is 9.80 Å². The monoisotopic (exact) mass is 348 g/mol. The van der Waals surface area contributed by atoms with Crippen molar-refractivity contribution in [1.82, 2.24) is 19.6 Å². The number of hydrogen-bond donors (Lipinski definition) is 0. The highest BCUT2D eigenvalue weighted by Crippen LogP contribution is 2.39. The van der Waals surface area contributed by atoms with Gasteiger partial charge in [-0.2, -0.15) is 0 Å².